The minimum absolute atomic E-state index is 0.350. The van der Waals surface area contributed by atoms with Crippen LogP contribution >= 0.6 is 0 Å². The van der Waals surface area contributed by atoms with Gasteiger partial charge in [0.25, 0.3) is 0 Å². The van der Waals surface area contributed by atoms with Crippen LogP contribution in [0.15, 0.2) is 36.4 Å². The van der Waals surface area contributed by atoms with Crippen LogP contribution in [0.25, 0.3) is 0 Å². The van der Waals surface area contributed by atoms with Crippen LogP contribution in [-0.4, -0.2) is 17.2 Å². The quantitative estimate of drug-likeness (QED) is 0.794. The maximum Gasteiger partial charge on any atom is 0.115 e. The van der Waals surface area contributed by atoms with Crippen molar-refractivity contribution in [2.45, 2.75) is 44.7 Å². The van der Waals surface area contributed by atoms with Crippen molar-refractivity contribution in [1.82, 2.24) is 5.32 Å². The fourth-order valence-electron chi connectivity index (χ4n) is 3.40. The van der Waals surface area contributed by atoms with Crippen molar-refractivity contribution in [2.75, 3.05) is 0 Å². The van der Waals surface area contributed by atoms with E-state index in [1.165, 1.54) is 18.4 Å². The van der Waals surface area contributed by atoms with Crippen molar-refractivity contribution in [3.8, 4) is 5.75 Å². The highest BCUT2D eigenvalue weighted by Gasteiger charge is 2.40. The van der Waals surface area contributed by atoms with Gasteiger partial charge in [-0.2, -0.15) is 0 Å². The number of phenolic OH excluding ortho intramolecular Hbond substituents is 1. The zero-order valence-electron chi connectivity index (χ0n) is 11.5. The second-order valence-corrected chi connectivity index (χ2v) is 6.12. The molecule has 2 nitrogen and oxygen atoms in total. The van der Waals surface area contributed by atoms with E-state index in [9.17, 15) is 5.11 Å². The molecule has 0 heterocycles. The highest BCUT2D eigenvalue weighted by atomic mass is 16.3. The van der Waals surface area contributed by atoms with Crippen LogP contribution in [0.2, 0.25) is 0 Å². The van der Waals surface area contributed by atoms with E-state index in [1.807, 2.05) is 12.1 Å². The molecule has 19 heavy (non-hydrogen) atoms. The molecule has 2 N–H and O–H groups in total. The highest BCUT2D eigenvalue weighted by molar-refractivity contribution is 5.26. The van der Waals surface area contributed by atoms with Crippen molar-refractivity contribution in [3.05, 3.63) is 42.0 Å². The van der Waals surface area contributed by atoms with Gasteiger partial charge in [-0.3, -0.25) is 0 Å². The Bertz CT molecular complexity index is 451. The monoisotopic (exact) mass is 257 g/mol. The molecule has 0 spiro atoms. The third-order valence-electron chi connectivity index (χ3n) is 4.66. The summed E-state index contributed by atoms with van der Waals surface area (Å²) in [7, 11) is 0. The van der Waals surface area contributed by atoms with Crippen molar-refractivity contribution in [1.29, 1.82) is 0 Å². The summed E-state index contributed by atoms with van der Waals surface area (Å²) in [4.78, 5) is 0. The molecule has 4 atom stereocenters. The van der Waals surface area contributed by atoms with Gasteiger partial charge in [-0.25, -0.2) is 0 Å². The number of rotatable bonds is 5. The first kappa shape index (κ1) is 12.7. The number of aromatic hydroxyl groups is 1. The first-order valence-corrected chi connectivity index (χ1v) is 7.43. The smallest absolute Gasteiger partial charge is 0.115 e. The number of fused-ring (bicyclic) bond motifs is 1. The summed E-state index contributed by atoms with van der Waals surface area (Å²) in [6, 6.07) is 8.84. The lowest BCUT2D eigenvalue weighted by Gasteiger charge is -2.42. The molecule has 2 aliphatic rings. The van der Waals surface area contributed by atoms with Crippen LogP contribution < -0.4 is 5.32 Å². The Morgan fingerprint density at radius 3 is 2.84 bits per heavy atom. The molecule has 102 valence electrons. The summed E-state index contributed by atoms with van der Waals surface area (Å²) in [5, 5.41) is 13.0. The average molecular weight is 257 g/mol. The highest BCUT2D eigenvalue weighted by Crippen LogP contribution is 2.42. The van der Waals surface area contributed by atoms with Crippen LogP contribution in [0.1, 0.15) is 31.7 Å². The third-order valence-corrected chi connectivity index (χ3v) is 4.66. The Hall–Kier alpha value is -1.28. The van der Waals surface area contributed by atoms with Crippen LogP contribution in [0, 0.1) is 11.8 Å². The third kappa shape index (κ3) is 2.84. The molecule has 0 bridgehead atoms. The lowest BCUT2D eigenvalue weighted by molar-refractivity contribution is 0.150. The molecular weight excluding hydrogens is 234 g/mol. The minimum Gasteiger partial charge on any atom is -0.508 e. The van der Waals surface area contributed by atoms with Gasteiger partial charge >= 0.3 is 0 Å². The van der Waals surface area contributed by atoms with Crippen LogP contribution in [0.4, 0.5) is 0 Å². The second kappa shape index (κ2) is 5.38. The van der Waals surface area contributed by atoms with E-state index in [0.29, 0.717) is 17.8 Å². The summed E-state index contributed by atoms with van der Waals surface area (Å²) < 4.78 is 0. The fraction of sp³-hybridized carbons (Fsp3) is 0.529. The van der Waals surface area contributed by atoms with Gasteiger partial charge in [0.1, 0.15) is 5.75 Å². The van der Waals surface area contributed by atoms with Gasteiger partial charge < -0.3 is 10.4 Å². The van der Waals surface area contributed by atoms with Gasteiger partial charge in [0, 0.05) is 12.1 Å². The van der Waals surface area contributed by atoms with E-state index < -0.39 is 0 Å². The largest absolute Gasteiger partial charge is 0.508 e. The standard InChI is InChI=1S/C17H23NO/c1-12(5-6-13-7-9-15(19)10-8-13)18-17-11-14-3-2-4-16(14)17/h2,4,7-10,12,14,16-19H,3,5-6,11H2,1H3. The van der Waals surface area contributed by atoms with E-state index in [2.05, 4.69) is 24.4 Å². The maximum absolute atomic E-state index is 9.26. The molecular formula is C17H23NO. The topological polar surface area (TPSA) is 32.3 Å². The minimum atomic E-state index is 0.350. The zero-order valence-corrected chi connectivity index (χ0v) is 11.5. The first-order valence-electron chi connectivity index (χ1n) is 7.43. The Kier molecular flexibility index (Phi) is 3.61. The first-order chi connectivity index (χ1) is 9.22. The molecule has 0 saturated heterocycles. The molecule has 0 radical (unpaired) electrons. The molecule has 1 saturated carbocycles. The van der Waals surface area contributed by atoms with Gasteiger partial charge in [0.15, 0.2) is 0 Å². The number of allylic oxidation sites excluding steroid dienone is 1. The predicted molar refractivity (Wildman–Crippen MR) is 78.2 cm³/mol. The number of nitrogens with one attached hydrogen (secondary N) is 1. The summed E-state index contributed by atoms with van der Waals surface area (Å²) >= 11 is 0. The molecule has 4 unspecified atom stereocenters. The number of benzene rings is 1. The molecule has 1 fully saturated rings. The molecule has 1 aromatic carbocycles. The van der Waals surface area contributed by atoms with Gasteiger partial charge in [-0.1, -0.05) is 24.3 Å². The Morgan fingerprint density at radius 2 is 2.11 bits per heavy atom. The van der Waals surface area contributed by atoms with Gasteiger partial charge in [0.2, 0.25) is 0 Å². The maximum atomic E-state index is 9.26. The van der Waals surface area contributed by atoms with Gasteiger partial charge in [0.05, 0.1) is 0 Å². The average Bonchev–Trinajstić information content (AvgIpc) is 2.77. The van der Waals surface area contributed by atoms with Crippen LogP contribution in [0.5, 0.6) is 5.75 Å². The van der Waals surface area contributed by atoms with Crippen molar-refractivity contribution >= 4 is 0 Å². The van der Waals surface area contributed by atoms with E-state index in [4.69, 9.17) is 0 Å². The van der Waals surface area contributed by atoms with E-state index >= 15 is 0 Å². The zero-order chi connectivity index (χ0) is 13.2. The summed E-state index contributed by atoms with van der Waals surface area (Å²) in [6.07, 6.45) is 9.62. The Labute approximate surface area is 115 Å². The molecule has 0 amide bonds. The second-order valence-electron chi connectivity index (χ2n) is 6.12. The van der Waals surface area contributed by atoms with Crippen LogP contribution in [0.3, 0.4) is 0 Å². The Balaban J connectivity index is 1.43. The molecule has 0 aliphatic heterocycles. The molecule has 0 aromatic heterocycles. The fourth-order valence-corrected chi connectivity index (χ4v) is 3.40. The predicted octanol–water partition coefficient (Wildman–Crippen LogP) is 3.27. The van der Waals surface area contributed by atoms with E-state index in [0.717, 1.165) is 24.7 Å². The van der Waals surface area contributed by atoms with Gasteiger partial charge in [-0.15, -0.1) is 0 Å². The molecule has 2 aliphatic carbocycles. The normalized spacial score (nSPS) is 29.8. The molecule has 1 aromatic rings. The summed E-state index contributed by atoms with van der Waals surface area (Å²) in [5.41, 5.74) is 1.30. The number of aryl methyl sites for hydroxylation is 1. The summed E-state index contributed by atoms with van der Waals surface area (Å²) in [5.74, 6) is 2.08. The lowest BCUT2D eigenvalue weighted by atomic mass is 9.71. The van der Waals surface area contributed by atoms with Crippen LogP contribution in [-0.2, 0) is 6.42 Å². The molecule has 2 heteroatoms. The summed E-state index contributed by atoms with van der Waals surface area (Å²) in [6.45, 7) is 2.28. The molecule has 3 rings (SSSR count). The van der Waals surface area contributed by atoms with Crippen molar-refractivity contribution < 1.29 is 5.11 Å². The van der Waals surface area contributed by atoms with Gasteiger partial charge in [-0.05, 0) is 62.1 Å². The lowest BCUT2D eigenvalue weighted by Crippen LogP contribution is -2.51. The number of hydrogen-bond acceptors (Lipinski definition) is 2. The number of phenols is 1. The Morgan fingerprint density at radius 1 is 1.32 bits per heavy atom. The SMILES string of the molecule is CC(CCc1ccc(O)cc1)NC1CC2CC=CC21. The van der Waals surface area contributed by atoms with Crippen molar-refractivity contribution in [2.24, 2.45) is 11.8 Å². The van der Waals surface area contributed by atoms with E-state index in [-0.39, 0.29) is 0 Å². The van der Waals surface area contributed by atoms with E-state index in [1.54, 1.807) is 12.1 Å². The van der Waals surface area contributed by atoms with Crippen molar-refractivity contribution in [3.63, 3.8) is 0 Å². The number of hydrogen-bond donors (Lipinski definition) is 2.